The van der Waals surface area contributed by atoms with Crippen molar-refractivity contribution in [3.8, 4) is 0 Å². The molecule has 1 saturated carbocycles. The number of H-pyrrole nitrogens is 2. The molecule has 0 radical (unpaired) electrons. The van der Waals surface area contributed by atoms with E-state index in [-0.39, 0.29) is 61.9 Å². The topological polar surface area (TPSA) is 136 Å². The number of aliphatic hydroxyl groups is 1. The van der Waals surface area contributed by atoms with Gasteiger partial charge in [-0.3, -0.25) is 19.2 Å². The number of aromatic amines is 2. The first-order chi connectivity index (χ1) is 30.2. The first-order valence-corrected chi connectivity index (χ1v) is 21.3. The van der Waals surface area contributed by atoms with Crippen molar-refractivity contribution < 1.29 is 27.1 Å². The molecule has 2 unspecified atom stereocenters. The van der Waals surface area contributed by atoms with Crippen molar-refractivity contribution in [1.82, 2.24) is 28.9 Å². The smallest absolute Gasteiger partial charge is 1.00 e. The van der Waals surface area contributed by atoms with Crippen LogP contribution in [0.5, 0.6) is 0 Å². The zero-order valence-electron chi connectivity index (χ0n) is 37.8. The molecule has 2 atom stereocenters. The van der Waals surface area contributed by atoms with E-state index in [2.05, 4.69) is 91.8 Å². The van der Waals surface area contributed by atoms with Gasteiger partial charge in [0.1, 0.15) is 11.6 Å². The van der Waals surface area contributed by atoms with Crippen LogP contribution in [0.25, 0.3) is 54.8 Å². The molecular weight excluding hydrogens is 801 g/mol. The molecule has 4 aromatic carbocycles. The number of benzene rings is 4. The molecule has 4 aromatic heterocycles. The molecular formula is C51H50MgN6O5. The van der Waals surface area contributed by atoms with Crippen molar-refractivity contribution in [2.45, 2.75) is 50.9 Å². The van der Waals surface area contributed by atoms with Crippen LogP contribution in [0.2, 0.25) is 0 Å². The van der Waals surface area contributed by atoms with E-state index in [1.54, 1.807) is 0 Å². The van der Waals surface area contributed by atoms with Crippen molar-refractivity contribution in [2.24, 2.45) is 0 Å². The summed E-state index contributed by atoms with van der Waals surface area (Å²) in [6.45, 7) is 5.42. The largest absolute Gasteiger partial charge is 2.00 e. The Labute approximate surface area is 383 Å². The van der Waals surface area contributed by atoms with Gasteiger partial charge in [-0.05, 0) is 48.5 Å². The van der Waals surface area contributed by atoms with Crippen molar-refractivity contribution in [1.29, 1.82) is 0 Å². The summed E-state index contributed by atoms with van der Waals surface area (Å²) in [6.07, 6.45) is 7.95. The van der Waals surface area contributed by atoms with Crippen LogP contribution in [-0.4, -0.2) is 114 Å². The number of carbonyl (C=O) groups is 4. The van der Waals surface area contributed by atoms with Gasteiger partial charge in [-0.2, -0.15) is 0 Å². The van der Waals surface area contributed by atoms with E-state index in [1.807, 2.05) is 60.9 Å². The molecule has 0 spiro atoms. The Morgan fingerprint density at radius 1 is 0.540 bits per heavy atom. The van der Waals surface area contributed by atoms with Gasteiger partial charge in [0.2, 0.25) is 0 Å². The minimum absolute atomic E-state index is 0. The molecule has 1 fully saturated rings. The number of allylic oxidation sites excluding steroid dienone is 2. The molecule has 4 aliphatic rings. The fourth-order valence-electron chi connectivity index (χ4n) is 10.5. The predicted octanol–water partition coefficient (Wildman–Crippen LogP) is 7.45. The summed E-state index contributed by atoms with van der Waals surface area (Å²) in [5.74, 6) is -0.968. The summed E-state index contributed by atoms with van der Waals surface area (Å²) in [5, 5.41) is 11.2. The number of Topliss-reactive ketones (excluding diaryl/α,β-unsaturated/α-hetero) is 4. The van der Waals surface area contributed by atoms with Gasteiger partial charge in [-0.25, -0.2) is 0 Å². The fourth-order valence-corrected chi connectivity index (χ4v) is 10.5. The number of hydrogen-bond acceptors (Lipinski definition) is 7. The number of aromatic nitrogens is 4. The Balaban J connectivity index is 0.000000179. The minimum atomic E-state index is -0.429. The average Bonchev–Trinajstić information content (AvgIpc) is 4.11. The van der Waals surface area contributed by atoms with E-state index in [4.69, 9.17) is 5.11 Å². The van der Waals surface area contributed by atoms with Gasteiger partial charge in [0.05, 0.1) is 35.7 Å². The van der Waals surface area contributed by atoms with Crippen LogP contribution in [0.4, 0.5) is 0 Å². The first kappa shape index (κ1) is 42.4. The third kappa shape index (κ3) is 7.10. The zero-order valence-corrected chi connectivity index (χ0v) is 37.2. The van der Waals surface area contributed by atoms with E-state index < -0.39 is 11.8 Å². The normalized spacial score (nSPS) is 19.0. The van der Waals surface area contributed by atoms with Gasteiger partial charge in [0.15, 0.2) is 11.6 Å². The number of nitrogens with zero attached hydrogens (tertiary/aromatic N) is 4. The molecule has 63 heavy (non-hydrogen) atoms. The standard InChI is InChI=1S/C25H23N3O2.C25H21N3O2.CH4O.Mg.2H/c2*1-27-9-10-28-14-19(17-7-4-5-15(13-27)25(17)28)24-22(30)11-21(29)23(24)18-12-26-20-8-3-2-6-16(18)20;1-2;;;/h2-8,12,14,23-24,26H,9-11,13H2,1H3;2-8,12,14,26H,9-11,13H2,1H3;2H,1H3;;;/q;;;+2;2*-1. The first-order valence-electron chi connectivity index (χ1n) is 21.3. The van der Waals surface area contributed by atoms with Crippen molar-refractivity contribution in [2.75, 3.05) is 34.3 Å². The Morgan fingerprint density at radius 3 is 1.71 bits per heavy atom. The molecule has 0 saturated heterocycles. The summed E-state index contributed by atoms with van der Waals surface area (Å²) in [6, 6.07) is 28.5. The average molecular weight is 851 g/mol. The van der Waals surface area contributed by atoms with Gasteiger partial charge in [-0.15, -0.1) is 0 Å². The number of ketones is 4. The molecule has 3 N–H and O–H groups in total. The minimum Gasteiger partial charge on any atom is -1.00 e. The van der Waals surface area contributed by atoms with Crippen LogP contribution in [0.15, 0.2) is 110 Å². The van der Waals surface area contributed by atoms with Gasteiger partial charge < -0.3 is 36.9 Å². The van der Waals surface area contributed by atoms with E-state index in [1.165, 1.54) is 22.2 Å². The number of hydrogen-bond donors (Lipinski definition) is 3. The van der Waals surface area contributed by atoms with E-state index in [9.17, 15) is 19.2 Å². The summed E-state index contributed by atoms with van der Waals surface area (Å²) in [4.78, 5) is 63.4. The molecule has 0 bridgehead atoms. The van der Waals surface area contributed by atoms with Crippen LogP contribution >= 0.6 is 0 Å². The maximum absolute atomic E-state index is 13.1. The van der Waals surface area contributed by atoms with Crippen LogP contribution < -0.4 is 0 Å². The second-order valence-corrected chi connectivity index (χ2v) is 17.0. The van der Waals surface area contributed by atoms with E-state index >= 15 is 0 Å². The van der Waals surface area contributed by atoms with Crippen LogP contribution in [0, 0.1) is 0 Å². The van der Waals surface area contributed by atoms with E-state index in [0.29, 0.717) is 11.1 Å². The van der Waals surface area contributed by atoms with Crippen molar-refractivity contribution >= 4 is 101 Å². The fraction of sp³-hybridized carbons (Fsp3) is 0.255. The molecule has 2 aliphatic carbocycles. The maximum Gasteiger partial charge on any atom is 2.00 e. The molecule has 8 aromatic rings. The number of para-hydroxylation sites is 4. The zero-order chi connectivity index (χ0) is 42.8. The number of carbonyl (C=O) groups excluding carboxylic acids is 4. The van der Waals surface area contributed by atoms with Crippen LogP contribution in [-0.2, 0) is 45.4 Å². The molecule has 2 aliphatic heterocycles. The number of rotatable bonds is 4. The second-order valence-electron chi connectivity index (χ2n) is 17.0. The van der Waals surface area contributed by atoms with Gasteiger partial charge in [-0.1, -0.05) is 72.8 Å². The third-order valence-corrected chi connectivity index (χ3v) is 13.2. The third-order valence-electron chi connectivity index (χ3n) is 13.2. The molecule has 6 heterocycles. The maximum atomic E-state index is 13.1. The summed E-state index contributed by atoms with van der Waals surface area (Å²) >= 11 is 0. The van der Waals surface area contributed by atoms with Crippen molar-refractivity contribution in [3.63, 3.8) is 0 Å². The summed E-state index contributed by atoms with van der Waals surface area (Å²) in [7, 11) is 5.27. The molecule has 316 valence electrons. The Bertz CT molecular complexity index is 3180. The van der Waals surface area contributed by atoms with Gasteiger partial charge >= 0.3 is 23.1 Å². The van der Waals surface area contributed by atoms with Gasteiger partial charge in [0, 0.05) is 126 Å². The molecule has 12 rings (SSSR count). The Morgan fingerprint density at radius 2 is 1.05 bits per heavy atom. The Hall–Kier alpha value is -5.89. The SMILES string of the molecule is CN1CCn2cc(C3=C(c4c[nH]c5ccccc45)C(=O)CC3=O)c3cccc(c32)C1.CN1CCn2cc(C3C(=O)CC(=O)C3c3c[nH]c4ccccc34)c3cccc(c32)C1.CO.[H-].[H-].[Mg+2]. The number of aliphatic hydroxyl groups excluding tert-OH is 1. The summed E-state index contributed by atoms with van der Waals surface area (Å²) in [5.41, 5.74) is 11.6. The second kappa shape index (κ2) is 17.0. The van der Waals surface area contributed by atoms with Crippen LogP contribution in [0.1, 0.15) is 60.9 Å². The molecule has 11 nitrogen and oxygen atoms in total. The van der Waals surface area contributed by atoms with Gasteiger partial charge in [0.25, 0.3) is 0 Å². The Kier molecular flexibility index (Phi) is 11.4. The molecule has 0 amide bonds. The number of nitrogens with one attached hydrogen (secondary N) is 2. The predicted molar refractivity (Wildman–Crippen MR) is 251 cm³/mol. The molecule has 12 heteroatoms. The van der Waals surface area contributed by atoms with E-state index in [0.717, 1.165) is 101 Å². The summed E-state index contributed by atoms with van der Waals surface area (Å²) < 4.78 is 4.53. The quantitative estimate of drug-likeness (QED) is 0.124. The number of likely N-dealkylation sites (N-methyl/N-ethyl adjacent to an activating group) is 2. The monoisotopic (exact) mass is 850 g/mol. The van der Waals surface area contributed by atoms with Crippen molar-refractivity contribution in [3.05, 3.63) is 143 Å². The van der Waals surface area contributed by atoms with Crippen LogP contribution in [0.3, 0.4) is 0 Å². The number of fused-ring (bicyclic) bond motifs is 2.